The van der Waals surface area contributed by atoms with Crippen molar-refractivity contribution in [2.45, 2.75) is 23.1 Å². The highest BCUT2D eigenvalue weighted by Gasteiger charge is 2.49. The van der Waals surface area contributed by atoms with Crippen molar-refractivity contribution in [3.63, 3.8) is 0 Å². The number of hydrogen-bond acceptors (Lipinski definition) is 4. The summed E-state index contributed by atoms with van der Waals surface area (Å²) in [5.41, 5.74) is 4.38. The fraction of sp³-hybridized carbons (Fsp3) is 0.107. The van der Waals surface area contributed by atoms with E-state index in [-0.39, 0.29) is 6.61 Å². The Morgan fingerprint density at radius 1 is 0.781 bits per heavy atom. The van der Waals surface area contributed by atoms with Gasteiger partial charge in [-0.3, -0.25) is 0 Å². The van der Waals surface area contributed by atoms with E-state index in [0.29, 0.717) is 0 Å². The third-order valence-corrected chi connectivity index (χ3v) is 7.31. The van der Waals surface area contributed by atoms with Crippen LogP contribution in [0.2, 0.25) is 0 Å². The van der Waals surface area contributed by atoms with Crippen molar-refractivity contribution in [2.24, 2.45) is 0 Å². The summed E-state index contributed by atoms with van der Waals surface area (Å²) in [5.74, 6) is 0. The normalized spacial score (nSPS) is 16.0. The molecule has 1 aliphatic heterocycles. The molecule has 4 heteroatoms. The monoisotopic (exact) mass is 437 g/mol. The molecule has 4 aromatic carbocycles. The second kappa shape index (κ2) is 8.75. The average Bonchev–Trinajstić information content (AvgIpc) is 3.24. The molecular weight excluding hydrogens is 414 g/mol. The predicted octanol–water partition coefficient (Wildman–Crippen LogP) is 5.73. The number of aliphatic hydroxyl groups is 1. The fourth-order valence-electron chi connectivity index (χ4n) is 4.62. The van der Waals surface area contributed by atoms with Crippen molar-refractivity contribution in [3.05, 3.63) is 137 Å². The average molecular weight is 438 g/mol. The van der Waals surface area contributed by atoms with Crippen molar-refractivity contribution < 1.29 is 9.90 Å². The topological polar surface area (TPSA) is 40.5 Å². The summed E-state index contributed by atoms with van der Waals surface area (Å²) in [4.78, 5) is 13.6. The van der Waals surface area contributed by atoms with Crippen LogP contribution >= 0.6 is 11.9 Å². The van der Waals surface area contributed by atoms with Crippen LogP contribution in [0.25, 0.3) is 0 Å². The van der Waals surface area contributed by atoms with Gasteiger partial charge in [0.1, 0.15) is 17.9 Å². The summed E-state index contributed by atoms with van der Waals surface area (Å²) < 4.78 is 2.21. The Labute approximate surface area is 192 Å². The van der Waals surface area contributed by atoms with Crippen LogP contribution in [0.1, 0.15) is 33.9 Å². The highest BCUT2D eigenvalue weighted by atomic mass is 32.2. The van der Waals surface area contributed by atoms with Gasteiger partial charge >= 0.3 is 0 Å². The first-order chi connectivity index (χ1) is 15.8. The van der Waals surface area contributed by atoms with Crippen molar-refractivity contribution in [1.82, 2.24) is 4.31 Å². The van der Waals surface area contributed by atoms with Crippen LogP contribution in [0.4, 0.5) is 0 Å². The quantitative estimate of drug-likeness (QED) is 0.237. The Morgan fingerprint density at radius 3 is 1.72 bits per heavy atom. The Kier molecular flexibility index (Phi) is 5.66. The van der Waals surface area contributed by atoms with E-state index in [0.717, 1.165) is 39.0 Å². The van der Waals surface area contributed by atoms with Crippen LogP contribution in [0.5, 0.6) is 0 Å². The largest absolute Gasteiger partial charge is 0.392 e. The second-order valence-corrected chi connectivity index (χ2v) is 8.85. The number of carbonyl (C=O) groups excluding carboxylic acids is 1. The maximum Gasteiger partial charge on any atom is 0.142 e. The molecule has 4 aromatic rings. The standard InChI is InChI=1S/C28H23NO2S/c30-19-21-16-17-25-26(20-31)29(32-27(25)18-21)28(22-10-4-1-5-11-22,23-12-6-2-7-13-23)24-14-8-3-9-15-24/h1-18,20,26,30H,19H2. The van der Waals surface area contributed by atoms with E-state index in [1.54, 1.807) is 11.9 Å². The summed E-state index contributed by atoms with van der Waals surface area (Å²) >= 11 is 1.58. The minimum atomic E-state index is -0.696. The van der Waals surface area contributed by atoms with Crippen LogP contribution in [-0.2, 0) is 16.9 Å². The summed E-state index contributed by atoms with van der Waals surface area (Å²) in [5, 5.41) is 9.66. The highest BCUT2D eigenvalue weighted by molar-refractivity contribution is 7.97. The van der Waals surface area contributed by atoms with E-state index in [1.165, 1.54) is 0 Å². The van der Waals surface area contributed by atoms with E-state index >= 15 is 0 Å². The molecule has 0 saturated heterocycles. The Hall–Kier alpha value is -3.18. The van der Waals surface area contributed by atoms with E-state index in [2.05, 4.69) is 40.7 Å². The molecule has 1 N–H and O–H groups in total. The molecule has 1 heterocycles. The van der Waals surface area contributed by atoms with Gasteiger partial charge in [-0.25, -0.2) is 4.31 Å². The second-order valence-electron chi connectivity index (χ2n) is 7.84. The number of nitrogens with zero attached hydrogens (tertiary/aromatic N) is 1. The van der Waals surface area contributed by atoms with Crippen molar-refractivity contribution in [3.8, 4) is 0 Å². The molecule has 0 aromatic heterocycles. The maximum absolute atomic E-state index is 12.6. The minimum absolute atomic E-state index is 0.0270. The number of fused-ring (bicyclic) bond motifs is 1. The van der Waals surface area contributed by atoms with Gasteiger partial charge in [0.15, 0.2) is 0 Å². The number of rotatable bonds is 6. The predicted molar refractivity (Wildman–Crippen MR) is 128 cm³/mol. The van der Waals surface area contributed by atoms with Crippen LogP contribution in [0.3, 0.4) is 0 Å². The Morgan fingerprint density at radius 2 is 1.28 bits per heavy atom. The Balaban J connectivity index is 1.82. The highest BCUT2D eigenvalue weighted by Crippen LogP contribution is 2.55. The molecular formula is C28H23NO2S. The van der Waals surface area contributed by atoms with Gasteiger partial charge in [0.2, 0.25) is 0 Å². The lowest BCUT2D eigenvalue weighted by Crippen LogP contribution is -2.44. The first kappa shape index (κ1) is 20.7. The van der Waals surface area contributed by atoms with Gasteiger partial charge < -0.3 is 9.90 Å². The smallest absolute Gasteiger partial charge is 0.142 e. The van der Waals surface area contributed by atoms with E-state index in [9.17, 15) is 9.90 Å². The molecule has 0 radical (unpaired) electrons. The van der Waals surface area contributed by atoms with Crippen molar-refractivity contribution in [2.75, 3.05) is 0 Å². The lowest BCUT2D eigenvalue weighted by molar-refractivity contribution is -0.111. The van der Waals surface area contributed by atoms with E-state index in [1.807, 2.05) is 72.8 Å². The first-order valence-electron chi connectivity index (χ1n) is 10.6. The fourth-order valence-corrected chi connectivity index (χ4v) is 6.06. The molecule has 0 fully saturated rings. The zero-order chi connectivity index (χ0) is 22.0. The van der Waals surface area contributed by atoms with E-state index < -0.39 is 11.6 Å². The zero-order valence-corrected chi connectivity index (χ0v) is 18.3. The molecule has 0 amide bonds. The molecule has 3 nitrogen and oxygen atoms in total. The molecule has 1 aliphatic rings. The number of aldehydes is 1. The number of carbonyl (C=O) groups is 1. The molecule has 1 atom stereocenters. The molecule has 158 valence electrons. The number of aliphatic hydroxyl groups excluding tert-OH is 1. The van der Waals surface area contributed by atoms with Gasteiger partial charge in [0.05, 0.1) is 6.61 Å². The minimum Gasteiger partial charge on any atom is -0.392 e. The molecule has 0 saturated carbocycles. The number of hydrogen-bond donors (Lipinski definition) is 1. The first-order valence-corrected chi connectivity index (χ1v) is 11.4. The van der Waals surface area contributed by atoms with Crippen LogP contribution < -0.4 is 0 Å². The van der Waals surface area contributed by atoms with Gasteiger partial charge in [-0.05, 0) is 45.8 Å². The molecule has 5 rings (SSSR count). The van der Waals surface area contributed by atoms with Gasteiger partial charge in [-0.2, -0.15) is 0 Å². The maximum atomic E-state index is 12.6. The summed E-state index contributed by atoms with van der Waals surface area (Å²) in [6.07, 6.45) is 1.03. The third kappa shape index (κ3) is 3.28. The molecule has 0 bridgehead atoms. The van der Waals surface area contributed by atoms with Crippen LogP contribution in [0.15, 0.2) is 114 Å². The van der Waals surface area contributed by atoms with Gasteiger partial charge in [-0.15, -0.1) is 0 Å². The summed E-state index contributed by atoms with van der Waals surface area (Å²) in [6, 6.07) is 36.5. The van der Waals surface area contributed by atoms with Gasteiger partial charge in [0, 0.05) is 4.90 Å². The molecule has 32 heavy (non-hydrogen) atoms. The molecule has 0 aliphatic carbocycles. The van der Waals surface area contributed by atoms with Gasteiger partial charge in [-0.1, -0.05) is 103 Å². The Bertz CT molecular complexity index is 1120. The summed E-state index contributed by atoms with van der Waals surface area (Å²) in [7, 11) is 0. The lowest BCUT2D eigenvalue weighted by atomic mass is 9.76. The van der Waals surface area contributed by atoms with E-state index in [4.69, 9.17) is 0 Å². The SMILES string of the molecule is O=CC1c2ccc(CO)cc2SN1C(c1ccccc1)(c1ccccc1)c1ccccc1. The third-order valence-electron chi connectivity index (χ3n) is 6.06. The van der Waals surface area contributed by atoms with Crippen LogP contribution in [0, 0.1) is 0 Å². The molecule has 1 unspecified atom stereocenters. The lowest BCUT2D eigenvalue weighted by Gasteiger charge is -2.44. The number of benzene rings is 4. The molecule has 0 spiro atoms. The van der Waals surface area contributed by atoms with Gasteiger partial charge in [0.25, 0.3) is 0 Å². The zero-order valence-electron chi connectivity index (χ0n) is 17.5. The summed E-state index contributed by atoms with van der Waals surface area (Å²) in [6.45, 7) is -0.0270. The van der Waals surface area contributed by atoms with Crippen LogP contribution in [-0.4, -0.2) is 15.7 Å². The van der Waals surface area contributed by atoms with Crippen molar-refractivity contribution >= 4 is 18.2 Å². The van der Waals surface area contributed by atoms with Crippen molar-refractivity contribution in [1.29, 1.82) is 0 Å².